The van der Waals surface area contributed by atoms with Gasteiger partial charge in [-0.2, -0.15) is 0 Å². The first-order chi connectivity index (χ1) is 9.69. The Bertz CT molecular complexity index is 608. The Labute approximate surface area is 123 Å². The minimum Gasteiger partial charge on any atom is -0.364 e. The zero-order valence-corrected chi connectivity index (χ0v) is 12.4. The van der Waals surface area contributed by atoms with Crippen molar-refractivity contribution in [1.82, 2.24) is 0 Å². The van der Waals surface area contributed by atoms with Crippen LogP contribution in [0.15, 0.2) is 29.6 Å². The third-order valence-corrected chi connectivity index (χ3v) is 4.98. The fraction of sp³-hybridized carbons (Fsp3) is 0.375. The van der Waals surface area contributed by atoms with E-state index in [4.69, 9.17) is 5.73 Å². The molecule has 3 rings (SSSR count). The highest BCUT2D eigenvalue weighted by Gasteiger charge is 2.25. The molecule has 2 heterocycles. The molecular formula is C16H19FN2S. The number of hydrogen-bond acceptors (Lipinski definition) is 3. The van der Waals surface area contributed by atoms with E-state index >= 15 is 0 Å². The van der Waals surface area contributed by atoms with Gasteiger partial charge in [-0.1, -0.05) is 0 Å². The van der Waals surface area contributed by atoms with Gasteiger partial charge in [-0.3, -0.25) is 0 Å². The van der Waals surface area contributed by atoms with Crippen molar-refractivity contribution in [2.45, 2.75) is 25.8 Å². The molecule has 0 radical (unpaired) electrons. The molecular weight excluding hydrogens is 271 g/mol. The van der Waals surface area contributed by atoms with Crippen molar-refractivity contribution in [1.29, 1.82) is 0 Å². The molecule has 1 unspecified atom stereocenters. The van der Waals surface area contributed by atoms with Gasteiger partial charge in [-0.15, -0.1) is 11.3 Å². The van der Waals surface area contributed by atoms with Crippen LogP contribution in [0.25, 0.3) is 0 Å². The van der Waals surface area contributed by atoms with Crippen LogP contribution < -0.4 is 10.6 Å². The van der Waals surface area contributed by atoms with Crippen LogP contribution in [0.2, 0.25) is 0 Å². The van der Waals surface area contributed by atoms with Crippen molar-refractivity contribution >= 4 is 17.0 Å². The maximum atomic E-state index is 13.8. The van der Waals surface area contributed by atoms with Crippen LogP contribution in [-0.4, -0.2) is 13.1 Å². The maximum absolute atomic E-state index is 13.8. The molecule has 0 amide bonds. The van der Waals surface area contributed by atoms with Crippen LogP contribution in [0.1, 0.15) is 29.0 Å². The number of benzene rings is 1. The summed E-state index contributed by atoms with van der Waals surface area (Å²) in [5.41, 5.74) is 8.91. The predicted octanol–water partition coefficient (Wildman–Crippen LogP) is 3.51. The Hall–Kier alpha value is -1.39. The Morgan fingerprint density at radius 3 is 3.05 bits per heavy atom. The average molecular weight is 290 g/mol. The van der Waals surface area contributed by atoms with Crippen LogP contribution in [0.4, 0.5) is 10.1 Å². The standard InChI is InChI=1S/C16H19FN2S/c1-11-15-4-7-20-16(15)3-6-19(11)14-9-12(2-5-18)8-13(17)10-14/h4,7-11H,2-3,5-6,18H2,1H3. The second kappa shape index (κ2) is 5.54. The van der Waals surface area contributed by atoms with E-state index in [-0.39, 0.29) is 5.82 Å². The molecule has 0 bridgehead atoms. The number of hydrogen-bond donors (Lipinski definition) is 1. The lowest BCUT2D eigenvalue weighted by Gasteiger charge is -2.35. The Morgan fingerprint density at radius 1 is 1.40 bits per heavy atom. The smallest absolute Gasteiger partial charge is 0.125 e. The van der Waals surface area contributed by atoms with E-state index in [1.807, 2.05) is 11.3 Å². The van der Waals surface area contributed by atoms with Crippen molar-refractivity contribution in [3.63, 3.8) is 0 Å². The highest BCUT2D eigenvalue weighted by molar-refractivity contribution is 7.10. The van der Waals surface area contributed by atoms with Gasteiger partial charge >= 0.3 is 0 Å². The molecule has 4 heteroatoms. The third-order valence-electron chi connectivity index (χ3n) is 3.98. The zero-order valence-electron chi connectivity index (χ0n) is 11.6. The van der Waals surface area contributed by atoms with E-state index in [0.717, 1.165) is 30.6 Å². The van der Waals surface area contributed by atoms with Crippen LogP contribution in [0, 0.1) is 5.82 Å². The van der Waals surface area contributed by atoms with Crippen LogP contribution >= 0.6 is 11.3 Å². The summed E-state index contributed by atoms with van der Waals surface area (Å²) in [7, 11) is 0. The van der Waals surface area contributed by atoms with Crippen LogP contribution in [0.5, 0.6) is 0 Å². The molecule has 1 atom stereocenters. The number of anilines is 1. The van der Waals surface area contributed by atoms with E-state index in [2.05, 4.69) is 29.3 Å². The van der Waals surface area contributed by atoms with Gasteiger partial charge in [0.1, 0.15) is 5.82 Å². The first-order valence-electron chi connectivity index (χ1n) is 7.01. The zero-order chi connectivity index (χ0) is 14.1. The molecule has 2 nitrogen and oxygen atoms in total. The molecule has 2 N–H and O–H groups in total. The first-order valence-corrected chi connectivity index (χ1v) is 7.89. The fourth-order valence-electron chi connectivity index (χ4n) is 2.97. The summed E-state index contributed by atoms with van der Waals surface area (Å²) in [5, 5.41) is 2.15. The van der Waals surface area contributed by atoms with Gasteiger partial charge in [0.25, 0.3) is 0 Å². The minimum absolute atomic E-state index is 0.172. The van der Waals surface area contributed by atoms with Gasteiger partial charge in [-0.05, 0) is 67.1 Å². The summed E-state index contributed by atoms with van der Waals surface area (Å²) in [4.78, 5) is 3.75. The van der Waals surface area contributed by atoms with Gasteiger partial charge in [0, 0.05) is 17.1 Å². The minimum atomic E-state index is -0.172. The second-order valence-electron chi connectivity index (χ2n) is 5.27. The van der Waals surface area contributed by atoms with E-state index < -0.39 is 0 Å². The lowest BCUT2D eigenvalue weighted by Crippen LogP contribution is -2.33. The highest BCUT2D eigenvalue weighted by Crippen LogP contribution is 2.36. The Morgan fingerprint density at radius 2 is 2.25 bits per heavy atom. The Kier molecular flexibility index (Phi) is 3.76. The summed E-state index contributed by atoms with van der Waals surface area (Å²) < 4.78 is 13.8. The molecule has 1 aromatic heterocycles. The molecule has 20 heavy (non-hydrogen) atoms. The van der Waals surface area contributed by atoms with Crippen LogP contribution in [0.3, 0.4) is 0 Å². The largest absolute Gasteiger partial charge is 0.364 e. The molecule has 1 aliphatic heterocycles. The van der Waals surface area contributed by atoms with Crippen molar-refractivity contribution in [3.8, 4) is 0 Å². The molecule has 0 saturated heterocycles. The number of thiophene rings is 1. The van der Waals surface area contributed by atoms with Gasteiger partial charge in [-0.25, -0.2) is 4.39 Å². The molecule has 1 aliphatic rings. The maximum Gasteiger partial charge on any atom is 0.125 e. The monoisotopic (exact) mass is 290 g/mol. The van der Waals surface area contributed by atoms with Crippen molar-refractivity contribution < 1.29 is 4.39 Å². The number of nitrogens with zero attached hydrogens (tertiary/aromatic N) is 1. The molecule has 0 saturated carbocycles. The average Bonchev–Trinajstić information content (AvgIpc) is 2.88. The number of nitrogens with two attached hydrogens (primary N) is 1. The molecule has 0 aliphatic carbocycles. The van der Waals surface area contributed by atoms with Gasteiger partial charge in [0.2, 0.25) is 0 Å². The number of fused-ring (bicyclic) bond motifs is 1. The molecule has 1 aromatic carbocycles. The van der Waals surface area contributed by atoms with E-state index in [1.165, 1.54) is 10.4 Å². The van der Waals surface area contributed by atoms with Gasteiger partial charge in [0.05, 0.1) is 6.04 Å². The first kappa shape index (κ1) is 13.6. The third kappa shape index (κ3) is 2.45. The van der Waals surface area contributed by atoms with Gasteiger partial charge in [0.15, 0.2) is 0 Å². The topological polar surface area (TPSA) is 29.3 Å². The molecule has 106 valence electrons. The molecule has 0 spiro atoms. The second-order valence-corrected chi connectivity index (χ2v) is 6.28. The highest BCUT2D eigenvalue weighted by atomic mass is 32.1. The summed E-state index contributed by atoms with van der Waals surface area (Å²) >= 11 is 1.82. The fourth-order valence-corrected chi connectivity index (χ4v) is 3.94. The van der Waals surface area contributed by atoms with Crippen molar-refractivity contribution in [2.24, 2.45) is 5.73 Å². The Balaban J connectivity index is 1.93. The summed E-state index contributed by atoms with van der Waals surface area (Å²) in [6, 6.07) is 7.79. The van der Waals surface area contributed by atoms with E-state index in [1.54, 1.807) is 12.1 Å². The summed E-state index contributed by atoms with van der Waals surface area (Å²) in [6.07, 6.45) is 1.76. The van der Waals surface area contributed by atoms with Crippen LogP contribution in [-0.2, 0) is 12.8 Å². The van der Waals surface area contributed by atoms with E-state index in [9.17, 15) is 4.39 Å². The van der Waals surface area contributed by atoms with Gasteiger partial charge < -0.3 is 10.6 Å². The quantitative estimate of drug-likeness (QED) is 0.937. The number of halogens is 1. The summed E-state index contributed by atoms with van der Waals surface area (Å²) in [5.74, 6) is -0.172. The SMILES string of the molecule is CC1c2ccsc2CCN1c1cc(F)cc(CCN)c1. The van der Waals surface area contributed by atoms with E-state index in [0.29, 0.717) is 12.6 Å². The number of rotatable bonds is 3. The lowest BCUT2D eigenvalue weighted by atomic mass is 10.00. The van der Waals surface area contributed by atoms with Crippen molar-refractivity contribution in [3.05, 3.63) is 51.5 Å². The lowest BCUT2D eigenvalue weighted by molar-refractivity contribution is 0.609. The molecule has 0 fully saturated rings. The molecule has 2 aromatic rings. The normalized spacial score (nSPS) is 18.1. The van der Waals surface area contributed by atoms with Crippen molar-refractivity contribution in [2.75, 3.05) is 18.0 Å². The predicted molar refractivity (Wildman–Crippen MR) is 82.9 cm³/mol. The summed E-state index contributed by atoms with van der Waals surface area (Å²) in [6.45, 7) is 3.69.